The van der Waals surface area contributed by atoms with Gasteiger partial charge >= 0.3 is 0 Å². The summed E-state index contributed by atoms with van der Waals surface area (Å²) in [4.78, 5) is 0. The molecule has 70 valence electrons. The highest BCUT2D eigenvalue weighted by Crippen LogP contribution is 2.26. The van der Waals surface area contributed by atoms with Crippen molar-refractivity contribution in [2.24, 2.45) is 0 Å². The molecule has 1 heterocycles. The number of para-hydroxylation sites is 1. The largest absolute Gasteiger partial charge is 0.367 e. The second-order valence-electron chi connectivity index (χ2n) is 3.01. The van der Waals surface area contributed by atoms with Gasteiger partial charge in [0, 0.05) is 12.1 Å². The van der Waals surface area contributed by atoms with E-state index in [-0.39, 0.29) is 0 Å². The molecule has 0 saturated carbocycles. The van der Waals surface area contributed by atoms with Gasteiger partial charge in [-0.25, -0.2) is 0 Å². The third-order valence-corrected chi connectivity index (χ3v) is 3.10. The number of rotatable bonds is 1. The van der Waals surface area contributed by atoms with Crippen LogP contribution in [0.25, 0.3) is 0 Å². The van der Waals surface area contributed by atoms with Gasteiger partial charge in [-0.3, -0.25) is 4.55 Å². The molecule has 2 N–H and O–H groups in total. The lowest BCUT2D eigenvalue weighted by Crippen LogP contribution is -2.26. The van der Waals surface area contributed by atoms with Crippen LogP contribution in [0.5, 0.6) is 0 Å². The van der Waals surface area contributed by atoms with Crippen LogP contribution in [0.2, 0.25) is 0 Å². The minimum absolute atomic E-state index is 0.328. The Bertz CT molecular complexity index is 402. The van der Waals surface area contributed by atoms with E-state index in [0.29, 0.717) is 6.42 Å². The van der Waals surface area contributed by atoms with E-state index in [1.54, 1.807) is 6.07 Å². The maximum absolute atomic E-state index is 10.8. The van der Waals surface area contributed by atoms with Crippen LogP contribution < -0.4 is 5.32 Å². The highest BCUT2D eigenvalue weighted by Gasteiger charge is 2.29. The summed E-state index contributed by atoms with van der Waals surface area (Å²) >= 11 is 0. The number of hydrogen-bond acceptors (Lipinski definition) is 3. The Labute approximate surface area is 76.3 Å². The van der Waals surface area contributed by atoms with Crippen LogP contribution in [0.3, 0.4) is 0 Å². The molecule has 0 aromatic heterocycles. The second-order valence-corrected chi connectivity index (χ2v) is 4.61. The van der Waals surface area contributed by atoms with Gasteiger partial charge in [-0.15, -0.1) is 0 Å². The zero-order valence-corrected chi connectivity index (χ0v) is 7.58. The monoisotopic (exact) mass is 199 g/mol. The number of anilines is 1. The molecule has 1 aromatic carbocycles. The highest BCUT2D eigenvalue weighted by atomic mass is 32.2. The number of hydrogen-bond donors (Lipinski definition) is 2. The quantitative estimate of drug-likeness (QED) is 0.658. The molecule has 1 aliphatic heterocycles. The molecule has 13 heavy (non-hydrogen) atoms. The van der Waals surface area contributed by atoms with Crippen LogP contribution >= 0.6 is 0 Å². The lowest BCUT2D eigenvalue weighted by molar-refractivity contribution is 0.473. The van der Waals surface area contributed by atoms with Gasteiger partial charge in [0.25, 0.3) is 10.1 Å². The van der Waals surface area contributed by atoms with Crippen molar-refractivity contribution in [3.63, 3.8) is 0 Å². The molecule has 0 saturated heterocycles. The van der Waals surface area contributed by atoms with E-state index in [0.717, 1.165) is 11.3 Å². The third kappa shape index (κ3) is 1.52. The molecule has 0 spiro atoms. The molecule has 0 fully saturated rings. The van der Waals surface area contributed by atoms with Gasteiger partial charge in [-0.2, -0.15) is 8.42 Å². The molecular formula is C8H9NO3S. The Balaban J connectivity index is 2.33. The molecule has 0 radical (unpaired) electrons. The lowest BCUT2D eigenvalue weighted by Gasteiger charge is -2.05. The number of nitrogens with one attached hydrogen (secondary N) is 1. The summed E-state index contributed by atoms with van der Waals surface area (Å²) in [6, 6.07) is 7.29. The molecular weight excluding hydrogens is 190 g/mol. The van der Waals surface area contributed by atoms with Crippen LogP contribution in [0.1, 0.15) is 5.56 Å². The van der Waals surface area contributed by atoms with Crippen molar-refractivity contribution in [3.8, 4) is 0 Å². The van der Waals surface area contributed by atoms with E-state index >= 15 is 0 Å². The van der Waals surface area contributed by atoms with Crippen molar-refractivity contribution < 1.29 is 13.0 Å². The van der Waals surface area contributed by atoms with Gasteiger partial charge in [-0.05, 0) is 11.6 Å². The van der Waals surface area contributed by atoms with Crippen molar-refractivity contribution in [3.05, 3.63) is 29.8 Å². The molecule has 1 atom stereocenters. The molecule has 5 heteroatoms. The molecule has 1 aromatic rings. The van der Waals surface area contributed by atoms with Crippen LogP contribution in [-0.2, 0) is 16.5 Å². The summed E-state index contributed by atoms with van der Waals surface area (Å²) in [5, 5.41) is 1.85. The van der Waals surface area contributed by atoms with Crippen LogP contribution in [0.15, 0.2) is 24.3 Å². The average molecular weight is 199 g/mol. The van der Waals surface area contributed by atoms with Gasteiger partial charge in [-0.1, -0.05) is 18.2 Å². The minimum atomic E-state index is -3.98. The summed E-state index contributed by atoms with van der Waals surface area (Å²) in [6.07, 6.45) is 0.328. The summed E-state index contributed by atoms with van der Waals surface area (Å²) in [7, 11) is -3.98. The van der Waals surface area contributed by atoms with Gasteiger partial charge in [0.2, 0.25) is 0 Å². The summed E-state index contributed by atoms with van der Waals surface area (Å²) in [5.74, 6) is 0. The van der Waals surface area contributed by atoms with Gasteiger partial charge in [0.15, 0.2) is 5.37 Å². The van der Waals surface area contributed by atoms with Crippen molar-refractivity contribution in [2.75, 3.05) is 5.32 Å². The van der Waals surface area contributed by atoms with Crippen LogP contribution in [0.4, 0.5) is 5.69 Å². The maximum Gasteiger partial charge on any atom is 0.286 e. The zero-order valence-electron chi connectivity index (χ0n) is 6.77. The van der Waals surface area contributed by atoms with E-state index in [4.69, 9.17) is 4.55 Å². The normalized spacial score (nSPS) is 20.8. The van der Waals surface area contributed by atoms with E-state index in [1.807, 2.05) is 18.2 Å². The van der Waals surface area contributed by atoms with Crippen molar-refractivity contribution in [1.82, 2.24) is 0 Å². The first-order valence-electron chi connectivity index (χ1n) is 3.88. The van der Waals surface area contributed by atoms with Gasteiger partial charge in [0.1, 0.15) is 0 Å². The van der Waals surface area contributed by atoms with Crippen molar-refractivity contribution in [1.29, 1.82) is 0 Å². The maximum atomic E-state index is 10.8. The minimum Gasteiger partial charge on any atom is -0.367 e. The first-order valence-corrected chi connectivity index (χ1v) is 5.38. The fraction of sp³-hybridized carbons (Fsp3) is 0.250. The Hall–Kier alpha value is -1.07. The summed E-state index contributed by atoms with van der Waals surface area (Å²) in [6.45, 7) is 0. The van der Waals surface area contributed by atoms with Crippen molar-refractivity contribution in [2.45, 2.75) is 11.8 Å². The van der Waals surface area contributed by atoms with Crippen LogP contribution in [-0.4, -0.2) is 18.3 Å². The SMILES string of the molecule is O=S(=O)(O)[C@H]1Cc2ccccc2N1. The first kappa shape index (κ1) is 8.52. The summed E-state index contributed by atoms with van der Waals surface area (Å²) in [5.41, 5.74) is 1.70. The predicted molar refractivity (Wildman–Crippen MR) is 49.1 cm³/mol. The third-order valence-electron chi connectivity index (χ3n) is 2.10. The smallest absolute Gasteiger partial charge is 0.286 e. The van der Waals surface area contributed by atoms with E-state index < -0.39 is 15.5 Å². The Morgan fingerprint density at radius 1 is 1.38 bits per heavy atom. The fourth-order valence-corrected chi connectivity index (χ4v) is 2.11. The zero-order chi connectivity index (χ0) is 9.47. The average Bonchev–Trinajstić information content (AvgIpc) is 2.45. The predicted octanol–water partition coefficient (Wildman–Crippen LogP) is 0.868. The first-order chi connectivity index (χ1) is 6.07. The Morgan fingerprint density at radius 2 is 2.08 bits per heavy atom. The Morgan fingerprint density at radius 3 is 2.69 bits per heavy atom. The molecule has 0 amide bonds. The number of benzene rings is 1. The topological polar surface area (TPSA) is 66.4 Å². The number of fused-ring (bicyclic) bond motifs is 1. The second kappa shape index (κ2) is 2.71. The van der Waals surface area contributed by atoms with Crippen LogP contribution in [0, 0.1) is 0 Å². The van der Waals surface area contributed by atoms with Crippen molar-refractivity contribution >= 4 is 15.8 Å². The highest BCUT2D eigenvalue weighted by molar-refractivity contribution is 7.86. The summed E-state index contributed by atoms with van der Waals surface area (Å²) < 4.78 is 30.4. The molecule has 1 aliphatic rings. The molecule has 0 bridgehead atoms. The van der Waals surface area contributed by atoms with Gasteiger partial charge < -0.3 is 5.32 Å². The standard InChI is InChI=1S/C8H9NO3S/c10-13(11,12)8-5-6-3-1-2-4-7(6)9-8/h1-4,8-9H,5H2,(H,10,11,12)/t8-/m0/s1. The lowest BCUT2D eigenvalue weighted by atomic mass is 10.2. The molecule has 0 aliphatic carbocycles. The van der Waals surface area contributed by atoms with E-state index in [9.17, 15) is 8.42 Å². The van der Waals surface area contributed by atoms with E-state index in [1.165, 1.54) is 0 Å². The van der Waals surface area contributed by atoms with Gasteiger partial charge in [0.05, 0.1) is 0 Å². The molecule has 4 nitrogen and oxygen atoms in total. The Kier molecular flexibility index (Phi) is 1.78. The fourth-order valence-electron chi connectivity index (χ4n) is 1.44. The molecule has 0 unspecified atom stereocenters. The van der Waals surface area contributed by atoms with E-state index in [2.05, 4.69) is 5.32 Å². The molecule has 2 rings (SSSR count).